The first kappa shape index (κ1) is 13.7. The number of hydrogen-bond donors (Lipinski definition) is 1. The number of rotatable bonds is 4. The van der Waals surface area contributed by atoms with Crippen LogP contribution in [0.4, 0.5) is 0 Å². The highest BCUT2D eigenvalue weighted by atomic mass is 32.2. The van der Waals surface area contributed by atoms with Gasteiger partial charge in [0, 0.05) is 12.6 Å². The van der Waals surface area contributed by atoms with Gasteiger partial charge in [-0.2, -0.15) is 8.42 Å². The zero-order valence-electron chi connectivity index (χ0n) is 9.87. The van der Waals surface area contributed by atoms with Crippen LogP contribution in [0.25, 0.3) is 0 Å². The molecule has 17 heavy (non-hydrogen) atoms. The molecule has 1 rings (SSSR count). The molecule has 0 saturated carbocycles. The predicted octanol–water partition coefficient (Wildman–Crippen LogP) is 1.40. The number of nitrogens with zero attached hydrogens (tertiary/aromatic N) is 1. The van der Waals surface area contributed by atoms with Crippen LogP contribution < -0.4 is 0 Å². The van der Waals surface area contributed by atoms with Gasteiger partial charge in [0.1, 0.15) is 0 Å². The fourth-order valence-corrected chi connectivity index (χ4v) is 1.89. The Labute approximate surface area is 100.0 Å². The smallest absolute Gasteiger partial charge is 0.328 e. The molecule has 1 heterocycles. The Balaban J connectivity index is 3.02. The van der Waals surface area contributed by atoms with Gasteiger partial charge in [0.05, 0.1) is 0 Å². The van der Waals surface area contributed by atoms with Gasteiger partial charge in [0.15, 0.2) is 5.76 Å². The standard InChI is InChI=1S/C10H15NO5S/c1-4-11(7(2)3)10(12)8-5-6-9(16-8)17(13,14)15/h5-7H,4H2,1-3H3,(H,13,14,15). The van der Waals surface area contributed by atoms with Crippen LogP contribution in [0.15, 0.2) is 21.6 Å². The van der Waals surface area contributed by atoms with E-state index in [9.17, 15) is 13.2 Å². The summed E-state index contributed by atoms with van der Waals surface area (Å²) in [4.78, 5) is 13.4. The molecule has 0 saturated heterocycles. The molecule has 0 aliphatic heterocycles. The van der Waals surface area contributed by atoms with Gasteiger partial charge in [-0.15, -0.1) is 0 Å². The van der Waals surface area contributed by atoms with Gasteiger partial charge in [-0.3, -0.25) is 9.35 Å². The van der Waals surface area contributed by atoms with Gasteiger partial charge >= 0.3 is 10.1 Å². The molecule has 1 N–H and O–H groups in total. The monoisotopic (exact) mass is 261 g/mol. The first-order valence-electron chi connectivity index (χ1n) is 5.15. The van der Waals surface area contributed by atoms with E-state index < -0.39 is 21.1 Å². The van der Waals surface area contributed by atoms with E-state index in [1.807, 2.05) is 20.8 Å². The van der Waals surface area contributed by atoms with E-state index in [0.29, 0.717) is 6.54 Å². The van der Waals surface area contributed by atoms with Gasteiger partial charge in [-0.05, 0) is 32.9 Å². The van der Waals surface area contributed by atoms with Crippen molar-refractivity contribution >= 4 is 16.0 Å². The van der Waals surface area contributed by atoms with Gasteiger partial charge in [0.2, 0.25) is 5.09 Å². The maximum atomic E-state index is 11.9. The van der Waals surface area contributed by atoms with Crippen molar-refractivity contribution in [3.8, 4) is 0 Å². The largest absolute Gasteiger partial charge is 0.437 e. The second kappa shape index (κ2) is 4.89. The average Bonchev–Trinajstić information content (AvgIpc) is 2.65. The number of carbonyl (C=O) groups is 1. The number of carbonyl (C=O) groups excluding carboxylic acids is 1. The Morgan fingerprint density at radius 2 is 2.06 bits per heavy atom. The van der Waals surface area contributed by atoms with Crippen LogP contribution in [0.3, 0.4) is 0 Å². The minimum absolute atomic E-state index is 0.0215. The van der Waals surface area contributed by atoms with Crippen LogP contribution in [-0.2, 0) is 10.1 Å². The van der Waals surface area contributed by atoms with Crippen LogP contribution in [0, 0.1) is 0 Å². The SMILES string of the molecule is CCN(C(=O)c1ccc(S(=O)(=O)O)o1)C(C)C. The minimum Gasteiger partial charge on any atom is -0.437 e. The Morgan fingerprint density at radius 1 is 1.47 bits per heavy atom. The molecule has 0 bridgehead atoms. The summed E-state index contributed by atoms with van der Waals surface area (Å²) >= 11 is 0. The molecule has 0 radical (unpaired) electrons. The maximum absolute atomic E-state index is 11.9. The molecule has 1 aromatic rings. The highest BCUT2D eigenvalue weighted by Crippen LogP contribution is 2.16. The lowest BCUT2D eigenvalue weighted by molar-refractivity contribution is 0.0678. The van der Waals surface area contributed by atoms with E-state index >= 15 is 0 Å². The highest BCUT2D eigenvalue weighted by Gasteiger charge is 2.23. The Bertz CT molecular complexity index is 503. The summed E-state index contributed by atoms with van der Waals surface area (Å²) in [5, 5.41) is -0.624. The van der Waals surface area contributed by atoms with Crippen molar-refractivity contribution in [2.24, 2.45) is 0 Å². The van der Waals surface area contributed by atoms with Crippen LogP contribution in [0.5, 0.6) is 0 Å². The number of furan rings is 1. The quantitative estimate of drug-likeness (QED) is 0.827. The minimum atomic E-state index is -4.41. The summed E-state index contributed by atoms with van der Waals surface area (Å²) in [5.41, 5.74) is 0. The summed E-state index contributed by atoms with van der Waals surface area (Å²) in [5.74, 6) is -0.509. The topological polar surface area (TPSA) is 87.8 Å². The molecule has 0 unspecified atom stereocenters. The summed E-state index contributed by atoms with van der Waals surface area (Å²) in [6.45, 7) is 5.98. The molecule has 0 aliphatic rings. The van der Waals surface area contributed by atoms with Gasteiger partial charge in [-0.25, -0.2) is 0 Å². The van der Waals surface area contributed by atoms with Crippen molar-refractivity contribution in [2.75, 3.05) is 6.54 Å². The van der Waals surface area contributed by atoms with Crippen molar-refractivity contribution in [3.63, 3.8) is 0 Å². The average molecular weight is 261 g/mol. The Morgan fingerprint density at radius 3 is 2.41 bits per heavy atom. The van der Waals surface area contributed by atoms with Crippen LogP contribution >= 0.6 is 0 Å². The second-order valence-corrected chi connectivity index (χ2v) is 5.13. The third-order valence-electron chi connectivity index (χ3n) is 2.27. The van der Waals surface area contributed by atoms with Gasteiger partial charge in [0.25, 0.3) is 5.91 Å². The Hall–Kier alpha value is -1.34. The van der Waals surface area contributed by atoms with Gasteiger partial charge < -0.3 is 9.32 Å². The molecule has 1 aromatic heterocycles. The molecular formula is C10H15NO5S. The van der Waals surface area contributed by atoms with E-state index in [-0.39, 0.29) is 11.8 Å². The van der Waals surface area contributed by atoms with E-state index in [4.69, 9.17) is 8.97 Å². The third kappa shape index (κ3) is 3.07. The van der Waals surface area contributed by atoms with Crippen LogP contribution in [-0.4, -0.2) is 36.4 Å². The van der Waals surface area contributed by atoms with Crippen LogP contribution in [0.1, 0.15) is 31.3 Å². The second-order valence-electron chi connectivity index (χ2n) is 3.78. The number of amides is 1. The zero-order valence-corrected chi connectivity index (χ0v) is 10.7. The van der Waals surface area contributed by atoms with Gasteiger partial charge in [-0.1, -0.05) is 0 Å². The summed E-state index contributed by atoms with van der Waals surface area (Å²) in [7, 11) is -4.41. The molecule has 6 nitrogen and oxygen atoms in total. The molecule has 7 heteroatoms. The van der Waals surface area contributed by atoms with E-state index in [1.54, 1.807) is 0 Å². The van der Waals surface area contributed by atoms with E-state index in [1.165, 1.54) is 11.0 Å². The molecular weight excluding hydrogens is 246 g/mol. The molecule has 0 fully saturated rings. The Kier molecular flexibility index (Phi) is 3.94. The van der Waals surface area contributed by atoms with Crippen molar-refractivity contribution < 1.29 is 22.2 Å². The number of hydrogen-bond acceptors (Lipinski definition) is 4. The zero-order chi connectivity index (χ0) is 13.2. The van der Waals surface area contributed by atoms with E-state index in [2.05, 4.69) is 0 Å². The molecule has 0 atom stereocenters. The fraction of sp³-hybridized carbons (Fsp3) is 0.500. The third-order valence-corrected chi connectivity index (χ3v) is 3.00. The molecule has 0 spiro atoms. The highest BCUT2D eigenvalue weighted by molar-refractivity contribution is 7.85. The van der Waals surface area contributed by atoms with Crippen molar-refractivity contribution in [1.82, 2.24) is 4.90 Å². The first-order chi connectivity index (χ1) is 7.77. The van der Waals surface area contributed by atoms with E-state index in [0.717, 1.165) is 6.07 Å². The lowest BCUT2D eigenvalue weighted by Gasteiger charge is -2.23. The van der Waals surface area contributed by atoms with Crippen molar-refractivity contribution in [1.29, 1.82) is 0 Å². The summed E-state index contributed by atoms with van der Waals surface area (Å²) in [6, 6.07) is 2.26. The normalized spacial score (nSPS) is 11.8. The molecule has 1 amide bonds. The first-order valence-corrected chi connectivity index (χ1v) is 6.59. The summed E-state index contributed by atoms with van der Waals surface area (Å²) < 4.78 is 35.1. The fourth-order valence-electron chi connectivity index (χ4n) is 1.46. The molecule has 0 aliphatic carbocycles. The molecule has 96 valence electrons. The predicted molar refractivity (Wildman–Crippen MR) is 60.4 cm³/mol. The van der Waals surface area contributed by atoms with Crippen LogP contribution in [0.2, 0.25) is 0 Å². The lowest BCUT2D eigenvalue weighted by Crippen LogP contribution is -2.36. The lowest BCUT2D eigenvalue weighted by atomic mass is 10.3. The maximum Gasteiger partial charge on any atom is 0.328 e. The van der Waals surface area contributed by atoms with Crippen molar-refractivity contribution in [2.45, 2.75) is 31.9 Å². The van der Waals surface area contributed by atoms with Crippen molar-refractivity contribution in [3.05, 3.63) is 17.9 Å². The summed E-state index contributed by atoms with van der Waals surface area (Å²) in [6.07, 6.45) is 0. The molecule has 0 aromatic carbocycles.